The van der Waals surface area contributed by atoms with Gasteiger partial charge in [-0.05, 0) is 48.9 Å². The largest absolute Gasteiger partial charge is 0.494 e. The van der Waals surface area contributed by atoms with Crippen LogP contribution in [0, 0.1) is 0 Å². The first-order chi connectivity index (χ1) is 15.1. The molecule has 0 aliphatic rings. The molecular weight excluding hydrogens is 392 g/mol. The fourth-order valence-corrected chi connectivity index (χ4v) is 3.28. The molecule has 0 unspecified atom stereocenters. The summed E-state index contributed by atoms with van der Waals surface area (Å²) in [5.41, 5.74) is 2.36. The predicted octanol–water partition coefficient (Wildman–Crippen LogP) is 5.27. The summed E-state index contributed by atoms with van der Waals surface area (Å²) in [5.74, 6) is 0.0952. The Hall–Kier alpha value is -4.06. The van der Waals surface area contributed by atoms with Crippen molar-refractivity contribution in [3.05, 3.63) is 90.2 Å². The average Bonchev–Trinajstić information content (AvgIpc) is 3.14. The van der Waals surface area contributed by atoms with Gasteiger partial charge in [0.15, 0.2) is 0 Å². The molecule has 0 aliphatic carbocycles. The molecule has 0 saturated heterocycles. The van der Waals surface area contributed by atoms with Gasteiger partial charge < -0.3 is 19.8 Å². The van der Waals surface area contributed by atoms with Gasteiger partial charge in [0.05, 0.1) is 13.0 Å². The minimum Gasteiger partial charge on any atom is -0.494 e. The maximum absolute atomic E-state index is 13.0. The number of nitrogens with one attached hydrogen (secondary N) is 2. The summed E-state index contributed by atoms with van der Waals surface area (Å²) in [6, 6.07) is 23.7. The second-order valence-electron chi connectivity index (χ2n) is 6.92. The van der Waals surface area contributed by atoms with Gasteiger partial charge in [-0.25, -0.2) is 0 Å². The van der Waals surface area contributed by atoms with E-state index in [-0.39, 0.29) is 18.1 Å². The van der Waals surface area contributed by atoms with Crippen LogP contribution in [0.15, 0.2) is 83.3 Å². The highest BCUT2D eigenvalue weighted by Gasteiger charge is 2.22. The summed E-state index contributed by atoms with van der Waals surface area (Å²) in [4.78, 5) is 25.6. The van der Waals surface area contributed by atoms with E-state index in [1.54, 1.807) is 30.3 Å². The second-order valence-corrected chi connectivity index (χ2v) is 6.92. The Morgan fingerprint density at radius 3 is 2.32 bits per heavy atom. The zero-order valence-corrected chi connectivity index (χ0v) is 17.1. The topological polar surface area (TPSA) is 80.6 Å². The molecule has 0 radical (unpaired) electrons. The first-order valence-electron chi connectivity index (χ1n) is 10.0. The minimum atomic E-state index is -0.449. The molecular formula is C25H22N2O4. The van der Waals surface area contributed by atoms with E-state index in [2.05, 4.69) is 10.6 Å². The zero-order chi connectivity index (χ0) is 21.6. The standard InChI is InChI=1S/C25H22N2O4/c1-2-30-19-14-12-18(13-15-19)26-25(29)24-23(20-10-6-7-11-21(20)31-24)27-22(28)16-17-8-4-3-5-9-17/h3-15H,2,16H2,1H3,(H,26,29)(H,27,28). The van der Waals surface area contributed by atoms with Crippen molar-refractivity contribution in [2.45, 2.75) is 13.3 Å². The maximum Gasteiger partial charge on any atom is 0.293 e. The van der Waals surface area contributed by atoms with Gasteiger partial charge in [0.1, 0.15) is 17.0 Å². The number of anilines is 2. The highest BCUT2D eigenvalue weighted by atomic mass is 16.5. The molecule has 4 aromatic rings. The number of fused-ring (bicyclic) bond motifs is 1. The van der Waals surface area contributed by atoms with E-state index in [1.807, 2.05) is 55.5 Å². The third kappa shape index (κ3) is 4.75. The molecule has 0 atom stereocenters. The molecule has 6 nitrogen and oxygen atoms in total. The lowest BCUT2D eigenvalue weighted by atomic mass is 10.1. The summed E-state index contributed by atoms with van der Waals surface area (Å²) in [7, 11) is 0. The van der Waals surface area contributed by atoms with Crippen LogP contribution in [-0.2, 0) is 11.2 Å². The quantitative estimate of drug-likeness (QED) is 0.432. The number of ether oxygens (including phenoxy) is 1. The number of carbonyl (C=O) groups is 2. The molecule has 0 spiro atoms. The van der Waals surface area contributed by atoms with Gasteiger partial charge in [-0.2, -0.15) is 0 Å². The van der Waals surface area contributed by atoms with Crippen LogP contribution in [0.4, 0.5) is 11.4 Å². The number of furan rings is 1. The highest BCUT2D eigenvalue weighted by molar-refractivity contribution is 6.14. The van der Waals surface area contributed by atoms with Gasteiger partial charge in [-0.1, -0.05) is 42.5 Å². The number of benzene rings is 3. The fourth-order valence-electron chi connectivity index (χ4n) is 3.28. The Morgan fingerprint density at radius 1 is 0.871 bits per heavy atom. The van der Waals surface area contributed by atoms with E-state index >= 15 is 0 Å². The second kappa shape index (κ2) is 9.17. The van der Waals surface area contributed by atoms with E-state index in [0.29, 0.717) is 29.0 Å². The molecule has 0 saturated carbocycles. The van der Waals surface area contributed by atoms with Crippen LogP contribution >= 0.6 is 0 Å². The van der Waals surface area contributed by atoms with Crippen molar-refractivity contribution in [3.63, 3.8) is 0 Å². The summed E-state index contributed by atoms with van der Waals surface area (Å²) in [6.45, 7) is 2.47. The van der Waals surface area contributed by atoms with Crippen molar-refractivity contribution in [1.82, 2.24) is 0 Å². The van der Waals surface area contributed by atoms with Gasteiger partial charge in [0, 0.05) is 11.1 Å². The van der Waals surface area contributed by atoms with E-state index in [1.165, 1.54) is 0 Å². The molecule has 156 valence electrons. The monoisotopic (exact) mass is 414 g/mol. The minimum absolute atomic E-state index is 0.0523. The van der Waals surface area contributed by atoms with Crippen molar-refractivity contribution in [1.29, 1.82) is 0 Å². The molecule has 4 rings (SSSR count). The van der Waals surface area contributed by atoms with E-state index in [4.69, 9.17) is 9.15 Å². The lowest BCUT2D eigenvalue weighted by Crippen LogP contribution is -2.18. The van der Waals surface area contributed by atoms with Crippen LogP contribution in [0.1, 0.15) is 23.0 Å². The first kappa shape index (κ1) is 20.2. The highest BCUT2D eigenvalue weighted by Crippen LogP contribution is 2.31. The lowest BCUT2D eigenvalue weighted by Gasteiger charge is -2.08. The smallest absolute Gasteiger partial charge is 0.293 e. The molecule has 6 heteroatoms. The predicted molar refractivity (Wildman–Crippen MR) is 121 cm³/mol. The van der Waals surface area contributed by atoms with E-state index in [9.17, 15) is 9.59 Å². The number of hydrogen-bond acceptors (Lipinski definition) is 4. The van der Waals surface area contributed by atoms with Crippen molar-refractivity contribution >= 4 is 34.2 Å². The van der Waals surface area contributed by atoms with Crippen molar-refractivity contribution < 1.29 is 18.7 Å². The van der Waals surface area contributed by atoms with Gasteiger partial charge in [0.2, 0.25) is 11.7 Å². The van der Waals surface area contributed by atoms with Crippen molar-refractivity contribution in [3.8, 4) is 5.75 Å². The third-order valence-electron chi connectivity index (χ3n) is 4.70. The molecule has 2 amide bonds. The van der Waals surface area contributed by atoms with Crippen LogP contribution in [0.3, 0.4) is 0 Å². The molecule has 1 aromatic heterocycles. The summed E-state index contributed by atoms with van der Waals surface area (Å²) >= 11 is 0. The Bertz CT molecular complexity index is 1200. The van der Waals surface area contributed by atoms with Gasteiger partial charge >= 0.3 is 0 Å². The van der Waals surface area contributed by atoms with E-state index < -0.39 is 5.91 Å². The average molecular weight is 414 g/mol. The van der Waals surface area contributed by atoms with Crippen LogP contribution in [0.2, 0.25) is 0 Å². The fraction of sp³-hybridized carbons (Fsp3) is 0.120. The summed E-state index contributed by atoms with van der Waals surface area (Å²) in [5, 5.41) is 6.34. The van der Waals surface area contributed by atoms with Crippen LogP contribution < -0.4 is 15.4 Å². The number of carbonyl (C=O) groups excluding carboxylic acids is 2. The maximum atomic E-state index is 13.0. The van der Waals surface area contributed by atoms with Crippen molar-refractivity contribution in [2.75, 3.05) is 17.2 Å². The van der Waals surface area contributed by atoms with Crippen LogP contribution in [0.5, 0.6) is 5.75 Å². The Labute approximate surface area is 179 Å². The van der Waals surface area contributed by atoms with Gasteiger partial charge in [0.25, 0.3) is 5.91 Å². The number of amides is 2. The first-order valence-corrected chi connectivity index (χ1v) is 10.0. The molecule has 2 N–H and O–H groups in total. The normalized spacial score (nSPS) is 10.6. The van der Waals surface area contributed by atoms with Gasteiger partial charge in [-0.15, -0.1) is 0 Å². The Morgan fingerprint density at radius 2 is 1.58 bits per heavy atom. The zero-order valence-electron chi connectivity index (χ0n) is 17.1. The van der Waals surface area contributed by atoms with Gasteiger partial charge in [-0.3, -0.25) is 9.59 Å². The van der Waals surface area contributed by atoms with Crippen LogP contribution in [-0.4, -0.2) is 18.4 Å². The van der Waals surface area contributed by atoms with Crippen LogP contribution in [0.25, 0.3) is 11.0 Å². The molecule has 0 bridgehead atoms. The Balaban J connectivity index is 1.58. The number of hydrogen-bond donors (Lipinski definition) is 2. The number of para-hydroxylation sites is 1. The van der Waals surface area contributed by atoms with E-state index in [0.717, 1.165) is 11.3 Å². The molecule has 1 heterocycles. The summed E-state index contributed by atoms with van der Waals surface area (Å²) < 4.78 is 11.2. The third-order valence-corrected chi connectivity index (χ3v) is 4.70. The molecule has 0 aliphatic heterocycles. The van der Waals surface area contributed by atoms with Crippen molar-refractivity contribution in [2.24, 2.45) is 0 Å². The number of rotatable bonds is 7. The molecule has 0 fully saturated rings. The molecule has 3 aromatic carbocycles. The SMILES string of the molecule is CCOc1ccc(NC(=O)c2oc3ccccc3c2NC(=O)Cc2ccccc2)cc1. The summed E-state index contributed by atoms with van der Waals surface area (Å²) in [6.07, 6.45) is 0.195. The Kier molecular flexibility index (Phi) is 5.98. The molecule has 31 heavy (non-hydrogen) atoms. The lowest BCUT2D eigenvalue weighted by molar-refractivity contribution is -0.115.